The lowest BCUT2D eigenvalue weighted by atomic mass is 9.88. The van der Waals surface area contributed by atoms with Crippen LogP contribution in [0.2, 0.25) is 0 Å². The molecule has 0 radical (unpaired) electrons. The normalized spacial score (nSPS) is 16.0. The molecular formula is C18H16FN3O2S. The van der Waals surface area contributed by atoms with E-state index in [9.17, 15) is 14.0 Å². The first-order chi connectivity index (χ1) is 11.9. The Morgan fingerprint density at radius 2 is 2.20 bits per heavy atom. The fourth-order valence-corrected chi connectivity index (χ4v) is 4.45. The molecule has 0 saturated carbocycles. The third-order valence-corrected chi connectivity index (χ3v) is 5.50. The molecule has 128 valence electrons. The lowest BCUT2D eigenvalue weighted by molar-refractivity contribution is 0.1000. The smallest absolute Gasteiger partial charge is 0.259 e. The molecule has 0 saturated heterocycles. The summed E-state index contributed by atoms with van der Waals surface area (Å²) in [5, 5.41) is 11.7. The monoisotopic (exact) mass is 357 g/mol. The second kappa shape index (κ2) is 6.65. The Morgan fingerprint density at radius 1 is 1.44 bits per heavy atom. The van der Waals surface area contributed by atoms with Crippen LogP contribution in [0.1, 0.15) is 50.1 Å². The molecule has 3 N–H and O–H groups in total. The summed E-state index contributed by atoms with van der Waals surface area (Å²) in [5.41, 5.74) is 6.67. The van der Waals surface area contributed by atoms with Crippen LogP contribution in [0.4, 0.5) is 9.39 Å². The van der Waals surface area contributed by atoms with E-state index in [-0.39, 0.29) is 11.1 Å². The van der Waals surface area contributed by atoms with E-state index in [1.807, 2.05) is 6.07 Å². The van der Waals surface area contributed by atoms with Crippen LogP contribution in [0.5, 0.6) is 0 Å². The van der Waals surface area contributed by atoms with E-state index in [4.69, 9.17) is 11.0 Å². The number of anilines is 1. The van der Waals surface area contributed by atoms with Crippen molar-refractivity contribution >= 4 is 28.2 Å². The number of carbonyl (C=O) groups is 2. The van der Waals surface area contributed by atoms with E-state index in [1.54, 1.807) is 0 Å². The van der Waals surface area contributed by atoms with Crippen LogP contribution in [0.25, 0.3) is 0 Å². The Bertz CT molecular complexity index is 914. The molecule has 1 aromatic carbocycles. The van der Waals surface area contributed by atoms with Crippen LogP contribution >= 0.6 is 11.3 Å². The second-order valence-corrected chi connectivity index (χ2v) is 7.29. The number of benzene rings is 1. The average Bonchev–Trinajstić information content (AvgIpc) is 2.91. The van der Waals surface area contributed by atoms with Crippen LogP contribution in [-0.4, -0.2) is 11.8 Å². The summed E-state index contributed by atoms with van der Waals surface area (Å²) >= 11 is 1.32. The Kier molecular flexibility index (Phi) is 4.55. The summed E-state index contributed by atoms with van der Waals surface area (Å²) in [5.74, 6) is -1.54. The SMILES string of the molecule is C[C@@H]1CCc2c(sc(NC(=O)c3ccc(C#N)cc3F)c2C(N)=O)C1. The van der Waals surface area contributed by atoms with Crippen molar-refractivity contribution in [3.05, 3.63) is 51.1 Å². The van der Waals surface area contributed by atoms with Gasteiger partial charge in [0, 0.05) is 4.88 Å². The Balaban J connectivity index is 1.94. The largest absolute Gasteiger partial charge is 0.365 e. The molecule has 3 rings (SSSR count). The maximum Gasteiger partial charge on any atom is 0.259 e. The Labute approximate surface area is 148 Å². The number of rotatable bonds is 3. The summed E-state index contributed by atoms with van der Waals surface area (Å²) in [4.78, 5) is 25.3. The van der Waals surface area contributed by atoms with Gasteiger partial charge in [0.05, 0.1) is 22.8 Å². The van der Waals surface area contributed by atoms with Crippen molar-refractivity contribution < 1.29 is 14.0 Å². The molecule has 25 heavy (non-hydrogen) atoms. The first-order valence-electron chi connectivity index (χ1n) is 7.86. The summed E-state index contributed by atoms with van der Waals surface area (Å²) in [6.45, 7) is 2.14. The standard InChI is InChI=1S/C18H16FN3O2S/c1-9-2-4-12-14(6-9)25-18(15(12)16(21)23)22-17(24)11-5-3-10(8-20)7-13(11)19/h3,5,7,9H,2,4,6H2,1H3,(H2,21,23)(H,22,24)/t9-/m1/s1. The Morgan fingerprint density at radius 3 is 2.84 bits per heavy atom. The molecule has 7 heteroatoms. The predicted molar refractivity (Wildman–Crippen MR) is 93.1 cm³/mol. The van der Waals surface area contributed by atoms with Gasteiger partial charge in [-0.2, -0.15) is 5.26 Å². The second-order valence-electron chi connectivity index (χ2n) is 6.18. The zero-order chi connectivity index (χ0) is 18.1. The lowest BCUT2D eigenvalue weighted by Gasteiger charge is -2.18. The molecule has 1 aliphatic carbocycles. The number of nitrogens with two attached hydrogens (primary N) is 1. The van der Waals surface area contributed by atoms with Gasteiger partial charge >= 0.3 is 0 Å². The number of primary amides is 1. The molecule has 1 atom stereocenters. The van der Waals surface area contributed by atoms with Gasteiger partial charge in [0.1, 0.15) is 10.8 Å². The molecule has 0 unspecified atom stereocenters. The van der Waals surface area contributed by atoms with Gasteiger partial charge in [0.25, 0.3) is 11.8 Å². The number of thiophene rings is 1. The first-order valence-corrected chi connectivity index (χ1v) is 8.67. The summed E-state index contributed by atoms with van der Waals surface area (Å²) < 4.78 is 14.0. The minimum atomic E-state index is -0.785. The fraction of sp³-hybridized carbons (Fsp3) is 0.278. The van der Waals surface area contributed by atoms with Crippen molar-refractivity contribution in [1.29, 1.82) is 5.26 Å². The highest BCUT2D eigenvalue weighted by Gasteiger charge is 2.27. The average molecular weight is 357 g/mol. The molecule has 2 amide bonds. The topological polar surface area (TPSA) is 96.0 Å². The molecule has 5 nitrogen and oxygen atoms in total. The van der Waals surface area contributed by atoms with Crippen molar-refractivity contribution in [2.45, 2.75) is 26.2 Å². The van der Waals surface area contributed by atoms with Crippen molar-refractivity contribution in [3.63, 3.8) is 0 Å². The third-order valence-electron chi connectivity index (χ3n) is 4.33. The predicted octanol–water partition coefficient (Wildman–Crippen LogP) is 3.23. The number of amides is 2. The zero-order valence-corrected chi connectivity index (χ0v) is 14.4. The van der Waals surface area contributed by atoms with Gasteiger partial charge in [-0.3, -0.25) is 9.59 Å². The van der Waals surface area contributed by atoms with E-state index in [1.165, 1.54) is 23.5 Å². The minimum Gasteiger partial charge on any atom is -0.365 e. The highest BCUT2D eigenvalue weighted by molar-refractivity contribution is 7.17. The summed E-state index contributed by atoms with van der Waals surface area (Å²) in [7, 11) is 0. The number of fused-ring (bicyclic) bond motifs is 1. The molecule has 0 bridgehead atoms. The van der Waals surface area contributed by atoms with Gasteiger partial charge in [-0.15, -0.1) is 11.3 Å². The molecule has 0 aliphatic heterocycles. The molecule has 2 aromatic rings. The number of nitrogens with zero attached hydrogens (tertiary/aromatic N) is 1. The number of nitriles is 1. The number of hydrogen-bond acceptors (Lipinski definition) is 4. The lowest BCUT2D eigenvalue weighted by Crippen LogP contribution is -2.20. The number of hydrogen-bond donors (Lipinski definition) is 2. The summed E-state index contributed by atoms with van der Waals surface area (Å²) in [6.07, 6.45) is 2.54. The summed E-state index contributed by atoms with van der Waals surface area (Å²) in [6, 6.07) is 5.44. The molecule has 0 spiro atoms. The third kappa shape index (κ3) is 3.26. The van der Waals surface area contributed by atoms with Crippen molar-refractivity contribution in [3.8, 4) is 6.07 Å². The zero-order valence-electron chi connectivity index (χ0n) is 13.6. The molecule has 1 aliphatic rings. The Hall–Kier alpha value is -2.72. The van der Waals surface area contributed by atoms with Crippen LogP contribution in [0.3, 0.4) is 0 Å². The molecule has 0 fully saturated rings. The van der Waals surface area contributed by atoms with E-state index in [0.29, 0.717) is 16.5 Å². The van der Waals surface area contributed by atoms with Crippen LogP contribution in [0.15, 0.2) is 18.2 Å². The quantitative estimate of drug-likeness (QED) is 0.882. The fourth-order valence-electron chi connectivity index (χ4n) is 3.04. The van der Waals surface area contributed by atoms with Crippen LogP contribution in [0, 0.1) is 23.1 Å². The van der Waals surface area contributed by atoms with Gasteiger partial charge in [-0.25, -0.2) is 4.39 Å². The van der Waals surface area contributed by atoms with Gasteiger partial charge in [0.2, 0.25) is 0 Å². The van der Waals surface area contributed by atoms with Crippen LogP contribution in [-0.2, 0) is 12.8 Å². The molecule has 1 aromatic heterocycles. The van der Waals surface area contributed by atoms with E-state index >= 15 is 0 Å². The van der Waals surface area contributed by atoms with E-state index in [2.05, 4.69) is 12.2 Å². The number of nitrogens with one attached hydrogen (secondary N) is 1. The van der Waals surface area contributed by atoms with Gasteiger partial charge < -0.3 is 11.1 Å². The van der Waals surface area contributed by atoms with Gasteiger partial charge in [-0.05, 0) is 48.9 Å². The maximum absolute atomic E-state index is 14.0. The van der Waals surface area contributed by atoms with Crippen LogP contribution < -0.4 is 11.1 Å². The van der Waals surface area contributed by atoms with E-state index in [0.717, 1.165) is 35.8 Å². The highest BCUT2D eigenvalue weighted by Crippen LogP contribution is 2.39. The van der Waals surface area contributed by atoms with Crippen molar-refractivity contribution in [1.82, 2.24) is 0 Å². The van der Waals surface area contributed by atoms with Crippen molar-refractivity contribution in [2.24, 2.45) is 11.7 Å². The minimum absolute atomic E-state index is 0.132. The highest BCUT2D eigenvalue weighted by atomic mass is 32.1. The first kappa shape index (κ1) is 17.1. The number of halogens is 1. The molecule has 1 heterocycles. The van der Waals surface area contributed by atoms with E-state index < -0.39 is 17.6 Å². The van der Waals surface area contributed by atoms with Gasteiger partial charge in [0.15, 0.2) is 0 Å². The molecular weight excluding hydrogens is 341 g/mol. The maximum atomic E-state index is 14.0. The van der Waals surface area contributed by atoms with Crippen molar-refractivity contribution in [2.75, 3.05) is 5.32 Å². The van der Waals surface area contributed by atoms with Gasteiger partial charge in [-0.1, -0.05) is 6.92 Å². The number of carbonyl (C=O) groups excluding carboxylic acids is 2.